The first-order valence-electron chi connectivity index (χ1n) is 33.1. The van der Waals surface area contributed by atoms with Crippen molar-refractivity contribution in [2.45, 2.75) is 210 Å². The first kappa shape index (κ1) is 72.1. The molecule has 526 valence electrons. The lowest BCUT2D eigenvalue weighted by Gasteiger charge is -2.32. The molecule has 0 radical (unpaired) electrons. The molecule has 30 nitrogen and oxygen atoms in total. The van der Waals surface area contributed by atoms with Crippen LogP contribution < -0.4 is 53.8 Å². The van der Waals surface area contributed by atoms with Gasteiger partial charge < -0.3 is 78.8 Å². The number of β-lactam (4-membered cyclic amide) rings is 3. The monoisotopic (exact) mass is 1360 g/mol. The van der Waals surface area contributed by atoms with Gasteiger partial charge in [0.15, 0.2) is 0 Å². The summed E-state index contributed by atoms with van der Waals surface area (Å²) in [5.74, 6) is -4.29. The molecule has 6 fully saturated rings. The number of phenolic OH excluding ortho intramolecular Hbond substituents is 2. The third kappa shape index (κ3) is 15.5. The van der Waals surface area contributed by atoms with Gasteiger partial charge in [0.1, 0.15) is 77.2 Å². The number of nitrogens with two attached hydrogens (primary N) is 3. The van der Waals surface area contributed by atoms with Crippen LogP contribution in [-0.4, -0.2) is 203 Å². The van der Waals surface area contributed by atoms with Crippen LogP contribution in [0.3, 0.4) is 0 Å². The zero-order chi connectivity index (χ0) is 71.5. The molecule has 98 heavy (non-hydrogen) atoms. The minimum absolute atomic E-state index is 0.0254. The number of nitrogens with zero attached hydrogens (tertiary/aromatic N) is 4. The van der Waals surface area contributed by atoms with E-state index in [4.69, 9.17) is 21.9 Å². The standard InChI is InChI=1S/C26H36N4O6.C22H25N5O6.C20H26N4O5/c1-12-13(2)22-20(14(3)21(12)32)15(26(4,5)36-22)8-9-16(29-24(34)17-11-19(31)28-17)25(35)30-10-6-7-18(30)23(27)33;23-20(30)17-6-3-9-26(17)22(32)14(25-21(31)15-10-18(28)24-15)7-8-16-19(29)13-5-2-1-4-12(13)11-27(16)33;1-10-6-12(7-11(2)17(10)26)8-14(23-19(28)13-9-16(25)22-13)20(29)24-5-3-4-15(24)18(21)27/h15-18,32H,6-11H2,1-5H3,(H2,27,33)(H,28,31)(H,29,34);1-2,4-5,11,14-17H,3,6-10H2,(H4-,23,24,25,28,29,30,31,33);6-7,13-15,26H,3-5,8-9H2,1-2H3,(H2,21,27)(H,22,25)(H,23,28)/p+1/t15?,16-,17-,18-;14-,15-,16?,17-;13-,14-,15-/m000/s1. The van der Waals surface area contributed by atoms with E-state index in [1.54, 1.807) is 50.2 Å². The fourth-order valence-electron chi connectivity index (χ4n) is 14.2. The number of likely N-dealkylation sites (tertiary alicyclic amines) is 3. The molecule has 3 aromatic carbocycles. The fraction of sp³-hybridized carbons (Fsp3) is 0.529. The second-order valence-corrected chi connectivity index (χ2v) is 27.1. The van der Waals surface area contributed by atoms with Crippen LogP contribution in [0.4, 0.5) is 0 Å². The molecule has 11 atom stereocenters. The fourth-order valence-corrected chi connectivity index (χ4v) is 14.2. The van der Waals surface area contributed by atoms with E-state index in [1.165, 1.54) is 20.9 Å². The molecule has 6 saturated heterocycles. The zero-order valence-electron chi connectivity index (χ0n) is 56.0. The molecular weight excluding hydrogens is 1270 g/mol. The van der Waals surface area contributed by atoms with Crippen molar-refractivity contribution < 1.29 is 87.2 Å². The lowest BCUT2D eigenvalue weighted by molar-refractivity contribution is -0.786. The minimum atomic E-state index is -1.05. The number of hydrogen-bond donors (Lipinski definition) is 12. The third-order valence-corrected chi connectivity index (χ3v) is 20.0. The Kier molecular flexibility index (Phi) is 21.8. The number of carbonyl (C=O) groups is 13. The van der Waals surface area contributed by atoms with Gasteiger partial charge in [0.05, 0.1) is 24.8 Å². The van der Waals surface area contributed by atoms with Gasteiger partial charge >= 0.3 is 0 Å². The number of Topliss-reactive ketones (excluding diaryl/α,β-unsaturated/α-hetero) is 1. The van der Waals surface area contributed by atoms with Crippen LogP contribution in [0, 0.1) is 34.6 Å². The number of ether oxygens (including phenoxy) is 1. The third-order valence-electron chi connectivity index (χ3n) is 20.0. The molecule has 0 aliphatic carbocycles. The van der Waals surface area contributed by atoms with Gasteiger partial charge in [0.2, 0.25) is 82.9 Å². The van der Waals surface area contributed by atoms with Crippen molar-refractivity contribution in [2.75, 3.05) is 19.6 Å². The molecule has 11 rings (SSSR count). The molecule has 8 aliphatic heterocycles. The number of rotatable bonds is 20. The number of ketones is 1. The highest BCUT2D eigenvalue weighted by atomic mass is 16.5. The van der Waals surface area contributed by atoms with Crippen LogP contribution in [0.15, 0.2) is 36.4 Å². The summed E-state index contributed by atoms with van der Waals surface area (Å²) in [5, 5.41) is 46.7. The number of amides is 12. The summed E-state index contributed by atoms with van der Waals surface area (Å²) in [6.07, 6.45) is 6.08. The molecule has 0 bridgehead atoms. The second kappa shape index (κ2) is 29.7. The summed E-state index contributed by atoms with van der Waals surface area (Å²) in [6.45, 7) is 14.2. The zero-order valence-corrected chi connectivity index (χ0v) is 56.0. The lowest BCUT2D eigenvalue weighted by Crippen LogP contribution is -2.61. The molecule has 0 spiro atoms. The van der Waals surface area contributed by atoms with Crippen LogP contribution in [0.2, 0.25) is 0 Å². The number of phenols is 2. The maximum atomic E-state index is 13.6. The SMILES string of the molecule is Cc1c(C)c2c(c(C)c1O)C(CC[C@H](NC(=O)[C@@H]1CC(=O)N1)C(=O)N1CCC[C@H]1C(N)=O)C(C)(C)O2.Cc1cc(C[C@H](NC(=O)[C@@H]2CC(=O)N2)C(=O)N2CCC[C@H]2C(N)=O)cc(C)c1O.NC(=O)[C@@H]1CCCN1C(=O)[C@H](CCC1C(=O)c2ccccc2C=[N+]1O)NC(=O)[C@@H]1CC(=O)N1. The van der Waals surface area contributed by atoms with E-state index in [0.29, 0.717) is 86.8 Å². The van der Waals surface area contributed by atoms with E-state index in [-0.39, 0.29) is 97.7 Å². The summed E-state index contributed by atoms with van der Waals surface area (Å²) in [7, 11) is 0. The first-order chi connectivity index (χ1) is 46.3. The van der Waals surface area contributed by atoms with Crippen LogP contribution in [0.1, 0.15) is 158 Å². The maximum absolute atomic E-state index is 13.6. The highest BCUT2D eigenvalue weighted by Crippen LogP contribution is 2.53. The molecule has 0 aromatic heterocycles. The number of hydrogen-bond acceptors (Lipinski definition) is 17. The van der Waals surface area contributed by atoms with Crippen LogP contribution in [0.25, 0.3) is 0 Å². The van der Waals surface area contributed by atoms with Crippen molar-refractivity contribution in [1.29, 1.82) is 0 Å². The number of fused-ring (bicyclic) bond motifs is 2. The lowest BCUT2D eigenvalue weighted by atomic mass is 9.79. The largest absolute Gasteiger partial charge is 0.507 e. The number of aromatic hydroxyl groups is 2. The Hall–Kier alpha value is -10.2. The van der Waals surface area contributed by atoms with E-state index in [1.807, 2.05) is 34.6 Å². The predicted molar refractivity (Wildman–Crippen MR) is 349 cm³/mol. The van der Waals surface area contributed by atoms with Gasteiger partial charge in [-0.05, 0) is 150 Å². The summed E-state index contributed by atoms with van der Waals surface area (Å²) >= 11 is 0. The molecule has 8 aliphatic rings. The number of nitrogens with one attached hydrogen (secondary N) is 6. The number of benzene rings is 3. The number of carbonyl (C=O) groups excluding carboxylic acids is 13. The van der Waals surface area contributed by atoms with Crippen LogP contribution in [-0.2, 0) is 64.0 Å². The molecule has 2 unspecified atom stereocenters. The molecule has 15 N–H and O–H groups in total. The van der Waals surface area contributed by atoms with Gasteiger partial charge in [-0.1, -0.05) is 30.3 Å². The quantitative estimate of drug-likeness (QED) is 0.0378. The van der Waals surface area contributed by atoms with Crippen molar-refractivity contribution in [1.82, 2.24) is 46.6 Å². The topological polar surface area (TPSA) is 455 Å². The highest BCUT2D eigenvalue weighted by molar-refractivity contribution is 6.07. The van der Waals surface area contributed by atoms with Crippen molar-refractivity contribution in [3.05, 3.63) is 86.5 Å². The van der Waals surface area contributed by atoms with Gasteiger partial charge in [0.25, 0.3) is 6.04 Å². The Morgan fingerprint density at radius 1 is 0.602 bits per heavy atom. The van der Waals surface area contributed by atoms with Crippen molar-refractivity contribution in [2.24, 2.45) is 17.2 Å². The van der Waals surface area contributed by atoms with Gasteiger partial charge in [-0.15, -0.1) is 0 Å². The predicted octanol–water partition coefficient (Wildman–Crippen LogP) is -0.695. The molecule has 12 amide bonds. The molecule has 3 aromatic rings. The number of hydroxylamine groups is 1. The summed E-state index contributed by atoms with van der Waals surface area (Å²) < 4.78 is 7.17. The average Bonchev–Trinajstić information content (AvgIpc) is 1.57. The van der Waals surface area contributed by atoms with Gasteiger partial charge in [0, 0.05) is 49.5 Å². The summed E-state index contributed by atoms with van der Waals surface area (Å²) in [4.78, 5) is 164. The van der Waals surface area contributed by atoms with Crippen molar-refractivity contribution >= 4 is 82.9 Å². The number of primary amides is 3. The molecule has 8 heterocycles. The van der Waals surface area contributed by atoms with E-state index in [2.05, 4.69) is 31.9 Å². The highest BCUT2D eigenvalue weighted by Gasteiger charge is 2.48. The van der Waals surface area contributed by atoms with Gasteiger partial charge in [-0.2, -0.15) is 0 Å². The Morgan fingerprint density at radius 2 is 1.01 bits per heavy atom. The Labute approximate surface area is 565 Å². The van der Waals surface area contributed by atoms with E-state index in [9.17, 15) is 77.7 Å². The van der Waals surface area contributed by atoms with Crippen LogP contribution >= 0.6 is 0 Å². The second-order valence-electron chi connectivity index (χ2n) is 27.1. The Balaban J connectivity index is 0.000000173. The molecule has 0 saturated carbocycles. The Morgan fingerprint density at radius 3 is 1.44 bits per heavy atom. The Bertz CT molecular complexity index is 3770. The van der Waals surface area contributed by atoms with Crippen molar-refractivity contribution in [3.8, 4) is 17.2 Å². The normalized spacial score (nSPS) is 23.9. The van der Waals surface area contributed by atoms with E-state index < -0.39 is 107 Å². The number of aryl methyl sites for hydroxylation is 2. The van der Waals surface area contributed by atoms with E-state index in [0.717, 1.165) is 38.3 Å². The summed E-state index contributed by atoms with van der Waals surface area (Å²) in [5.41, 5.74) is 22.3. The van der Waals surface area contributed by atoms with Crippen molar-refractivity contribution in [3.63, 3.8) is 0 Å². The maximum Gasteiger partial charge on any atom is 0.264 e. The first-order valence-corrected chi connectivity index (χ1v) is 33.1. The molecule has 30 heteroatoms. The minimum Gasteiger partial charge on any atom is -0.507 e. The smallest absolute Gasteiger partial charge is 0.264 e. The molecular formula is C68H88N13O17+. The van der Waals surface area contributed by atoms with Crippen LogP contribution in [0.5, 0.6) is 17.2 Å². The average molecular weight is 1360 g/mol. The summed E-state index contributed by atoms with van der Waals surface area (Å²) in [6, 6.07) is 2.39. The van der Waals surface area contributed by atoms with E-state index >= 15 is 0 Å². The van der Waals surface area contributed by atoms with Gasteiger partial charge in [-0.25, -0.2) is 0 Å². The van der Waals surface area contributed by atoms with Gasteiger partial charge in [-0.3, -0.25) is 67.5 Å².